The molecule has 1 spiro atoms. The minimum atomic E-state index is -0.723. The number of nitrogens with zero attached hydrogens (tertiary/aromatic N) is 3. The first-order valence-corrected chi connectivity index (χ1v) is 18.8. The van der Waals surface area contributed by atoms with Gasteiger partial charge in [0.1, 0.15) is 11.5 Å². The van der Waals surface area contributed by atoms with Crippen LogP contribution in [0, 0.1) is 11.3 Å². The number of aromatic nitrogens is 2. The predicted octanol–water partition coefficient (Wildman–Crippen LogP) is 12.6. The fourth-order valence-electron chi connectivity index (χ4n) is 8.96. The topological polar surface area (TPSA) is 58.8 Å². The molecular weight excluding hydrogens is 683 g/mol. The van der Waals surface area contributed by atoms with Crippen molar-refractivity contribution in [3.05, 3.63) is 216 Å². The van der Waals surface area contributed by atoms with Crippen LogP contribution in [-0.4, -0.2) is 9.97 Å². The summed E-state index contributed by atoms with van der Waals surface area (Å²) in [5.74, 6) is 2.20. The van der Waals surface area contributed by atoms with Crippen molar-refractivity contribution < 1.29 is 4.74 Å². The second-order valence-corrected chi connectivity index (χ2v) is 14.4. The van der Waals surface area contributed by atoms with Crippen LogP contribution >= 0.6 is 0 Å². The first-order valence-electron chi connectivity index (χ1n) is 18.8. The average Bonchev–Trinajstić information content (AvgIpc) is 3.57. The fraction of sp³-hybridized carbons (Fsp3) is 0.0192. The number of rotatable bonds is 4. The summed E-state index contributed by atoms with van der Waals surface area (Å²) in [5.41, 5.74) is 13.2. The molecule has 2 heterocycles. The number of hydrogen-bond donors (Lipinski definition) is 0. The molecule has 0 bridgehead atoms. The Hall–Kier alpha value is -7.61. The largest absolute Gasteiger partial charge is 0.457 e. The normalized spacial score (nSPS) is 12.9. The third-order valence-electron chi connectivity index (χ3n) is 11.4. The van der Waals surface area contributed by atoms with Gasteiger partial charge in [-0.25, -0.2) is 9.97 Å². The van der Waals surface area contributed by atoms with Crippen LogP contribution in [0.3, 0.4) is 0 Å². The third-order valence-corrected chi connectivity index (χ3v) is 11.4. The second-order valence-electron chi connectivity index (χ2n) is 14.4. The highest BCUT2D eigenvalue weighted by molar-refractivity contribution is 5.96. The second kappa shape index (κ2) is 12.5. The van der Waals surface area contributed by atoms with Gasteiger partial charge in [-0.1, -0.05) is 146 Å². The molecule has 0 atom stereocenters. The van der Waals surface area contributed by atoms with Crippen molar-refractivity contribution in [1.82, 2.24) is 9.97 Å². The van der Waals surface area contributed by atoms with E-state index in [1.165, 1.54) is 22.3 Å². The first kappa shape index (κ1) is 31.9. The molecule has 1 aliphatic heterocycles. The van der Waals surface area contributed by atoms with Gasteiger partial charge in [0.15, 0.2) is 5.82 Å². The van der Waals surface area contributed by atoms with Gasteiger partial charge in [0.05, 0.1) is 28.4 Å². The molecule has 9 aromatic rings. The molecule has 0 fully saturated rings. The van der Waals surface area contributed by atoms with E-state index in [1.54, 1.807) is 0 Å². The maximum Gasteiger partial charge on any atom is 0.160 e. The molecule has 1 aromatic heterocycles. The molecule has 0 N–H and O–H groups in total. The zero-order valence-corrected chi connectivity index (χ0v) is 30.1. The van der Waals surface area contributed by atoms with Crippen LogP contribution in [0.5, 0.6) is 11.5 Å². The first-order chi connectivity index (χ1) is 27.7. The molecule has 4 heteroatoms. The molecule has 8 aromatic carbocycles. The Balaban J connectivity index is 1.19. The highest BCUT2D eigenvalue weighted by Crippen LogP contribution is 2.62. The summed E-state index contributed by atoms with van der Waals surface area (Å²) in [6.07, 6.45) is 0. The SMILES string of the molecule is N#Cc1ccccc1-c1ccc2c(c1)C1(c3cc(-c4nc(-c5ccccc5)cc(-c5cccc6ccccc56)n4)ccc3O2)c2ccccc2-c2ccccc21. The predicted molar refractivity (Wildman–Crippen MR) is 223 cm³/mol. The van der Waals surface area contributed by atoms with Gasteiger partial charge < -0.3 is 4.74 Å². The van der Waals surface area contributed by atoms with Crippen molar-refractivity contribution in [2.45, 2.75) is 5.41 Å². The van der Waals surface area contributed by atoms with Crippen LogP contribution in [0.2, 0.25) is 0 Å². The van der Waals surface area contributed by atoms with Crippen molar-refractivity contribution in [3.63, 3.8) is 0 Å². The lowest BCUT2D eigenvalue weighted by molar-refractivity contribution is 0.436. The summed E-state index contributed by atoms with van der Waals surface area (Å²) < 4.78 is 6.86. The molecule has 0 amide bonds. The van der Waals surface area contributed by atoms with Crippen molar-refractivity contribution in [2.24, 2.45) is 0 Å². The van der Waals surface area contributed by atoms with E-state index in [9.17, 15) is 5.26 Å². The highest BCUT2D eigenvalue weighted by Gasteiger charge is 2.51. The standard InChI is InChI=1S/C52H31N3O/c53-32-37-16-5-6-18-38(37)35-25-27-49-45(29-35)52(43-23-10-8-20-40(43)41-21-9-11-24-44(41)52)46-30-36(26-28-50(46)56-49)51-54-47(34-14-2-1-3-15-34)31-48(55-51)42-22-12-17-33-13-4-7-19-39(33)42/h1-31H. The van der Waals surface area contributed by atoms with Gasteiger partial charge in [0.25, 0.3) is 0 Å². The van der Waals surface area contributed by atoms with Crippen LogP contribution in [0.1, 0.15) is 27.8 Å². The maximum absolute atomic E-state index is 10.1. The van der Waals surface area contributed by atoms with Gasteiger partial charge in [-0.15, -0.1) is 0 Å². The van der Waals surface area contributed by atoms with Crippen LogP contribution in [-0.2, 0) is 5.41 Å². The van der Waals surface area contributed by atoms with Crippen molar-refractivity contribution in [1.29, 1.82) is 5.26 Å². The summed E-state index contributed by atoms with van der Waals surface area (Å²) >= 11 is 0. The Morgan fingerprint density at radius 1 is 0.429 bits per heavy atom. The molecule has 2 aliphatic rings. The molecule has 0 saturated heterocycles. The molecule has 11 rings (SSSR count). The summed E-state index contributed by atoms with van der Waals surface area (Å²) in [6.45, 7) is 0. The zero-order valence-electron chi connectivity index (χ0n) is 30.1. The number of nitriles is 1. The summed E-state index contributed by atoms with van der Waals surface area (Å²) in [7, 11) is 0. The average molecular weight is 714 g/mol. The molecule has 4 nitrogen and oxygen atoms in total. The van der Waals surface area contributed by atoms with E-state index >= 15 is 0 Å². The Labute approximate surface area is 324 Å². The van der Waals surface area contributed by atoms with Crippen molar-refractivity contribution in [3.8, 4) is 73.7 Å². The minimum absolute atomic E-state index is 0.630. The summed E-state index contributed by atoms with van der Waals surface area (Å²) in [6, 6.07) is 67.6. The van der Waals surface area contributed by atoms with E-state index < -0.39 is 5.41 Å². The zero-order chi connectivity index (χ0) is 37.2. The van der Waals surface area contributed by atoms with Gasteiger partial charge >= 0.3 is 0 Å². The fourth-order valence-corrected chi connectivity index (χ4v) is 8.96. The Kier molecular flexibility index (Phi) is 7.10. The quantitative estimate of drug-likeness (QED) is 0.182. The summed E-state index contributed by atoms with van der Waals surface area (Å²) in [4.78, 5) is 10.6. The molecule has 0 unspecified atom stereocenters. The molecule has 0 saturated carbocycles. The third kappa shape index (κ3) is 4.71. The number of benzene rings is 8. The Morgan fingerprint density at radius 3 is 1.75 bits per heavy atom. The molecule has 0 radical (unpaired) electrons. The monoisotopic (exact) mass is 713 g/mol. The summed E-state index contributed by atoms with van der Waals surface area (Å²) in [5, 5.41) is 12.4. The van der Waals surface area contributed by atoms with Crippen LogP contribution in [0.15, 0.2) is 188 Å². The molecule has 1 aliphatic carbocycles. The molecular formula is C52H31N3O. The lowest BCUT2D eigenvalue weighted by Gasteiger charge is -2.40. The maximum atomic E-state index is 10.1. The number of fused-ring (bicyclic) bond motifs is 10. The van der Waals surface area contributed by atoms with Crippen LogP contribution < -0.4 is 4.74 Å². The van der Waals surface area contributed by atoms with E-state index in [0.29, 0.717) is 11.4 Å². The van der Waals surface area contributed by atoms with E-state index in [-0.39, 0.29) is 0 Å². The van der Waals surface area contributed by atoms with Gasteiger partial charge in [0.2, 0.25) is 0 Å². The van der Waals surface area contributed by atoms with Crippen LogP contribution in [0.4, 0.5) is 0 Å². The van der Waals surface area contributed by atoms with E-state index in [0.717, 1.165) is 72.6 Å². The van der Waals surface area contributed by atoms with Crippen molar-refractivity contribution >= 4 is 10.8 Å². The van der Waals surface area contributed by atoms with Crippen molar-refractivity contribution in [2.75, 3.05) is 0 Å². The molecule has 56 heavy (non-hydrogen) atoms. The van der Waals surface area contributed by atoms with Gasteiger partial charge in [-0.05, 0) is 86.6 Å². The van der Waals surface area contributed by atoms with Gasteiger partial charge in [-0.3, -0.25) is 0 Å². The smallest absolute Gasteiger partial charge is 0.160 e. The van der Waals surface area contributed by atoms with Gasteiger partial charge in [-0.2, -0.15) is 5.26 Å². The lowest BCUT2D eigenvalue weighted by Crippen LogP contribution is -2.32. The van der Waals surface area contributed by atoms with Crippen LogP contribution in [0.25, 0.3) is 66.9 Å². The Morgan fingerprint density at radius 2 is 1.00 bits per heavy atom. The molecule has 260 valence electrons. The lowest BCUT2D eigenvalue weighted by atomic mass is 9.65. The number of hydrogen-bond acceptors (Lipinski definition) is 4. The van der Waals surface area contributed by atoms with E-state index in [1.807, 2.05) is 42.5 Å². The van der Waals surface area contributed by atoms with E-state index in [4.69, 9.17) is 14.7 Å². The van der Waals surface area contributed by atoms with Gasteiger partial charge in [0, 0.05) is 27.8 Å². The van der Waals surface area contributed by atoms with E-state index in [2.05, 4.69) is 152 Å². The minimum Gasteiger partial charge on any atom is -0.457 e. The Bertz CT molecular complexity index is 3040. The number of ether oxygens (including phenoxy) is 1. The highest BCUT2D eigenvalue weighted by atomic mass is 16.5.